The largest absolute Gasteiger partial charge is 0.481 e. The molecule has 2 heterocycles. The number of pyridine rings is 1. The number of carbonyl (C=O) groups is 1. The molecule has 0 saturated carbocycles. The van der Waals surface area contributed by atoms with E-state index in [1.165, 1.54) is 17.8 Å². The Kier molecular flexibility index (Phi) is 6.10. The third-order valence-corrected chi connectivity index (χ3v) is 7.64. The smallest absolute Gasteiger partial charge is 0.257 e. The third-order valence-electron chi connectivity index (χ3n) is 6.61. The molecule has 0 spiro atoms. The number of hydrogen-bond donors (Lipinski definition) is 2. The number of nitrogens with one attached hydrogen (secondary N) is 1. The first-order chi connectivity index (χ1) is 16.5. The monoisotopic (exact) mass is 476 g/mol. The van der Waals surface area contributed by atoms with Crippen LogP contribution in [0.4, 0.5) is 4.39 Å². The summed E-state index contributed by atoms with van der Waals surface area (Å²) in [5.41, 5.74) is 8.90. The van der Waals surface area contributed by atoms with Gasteiger partial charge in [0, 0.05) is 47.5 Å². The molecule has 3 aromatic rings. The molecule has 2 aliphatic rings. The summed E-state index contributed by atoms with van der Waals surface area (Å²) in [6, 6.07) is 15.9. The van der Waals surface area contributed by atoms with Crippen LogP contribution in [0.3, 0.4) is 0 Å². The molecule has 0 bridgehead atoms. The highest BCUT2D eigenvalue weighted by Crippen LogP contribution is 2.50. The average molecular weight is 477 g/mol. The second kappa shape index (κ2) is 9.19. The van der Waals surface area contributed by atoms with Crippen molar-refractivity contribution < 1.29 is 13.9 Å². The summed E-state index contributed by atoms with van der Waals surface area (Å²) in [6.45, 7) is 0.297. The Morgan fingerprint density at radius 1 is 1.26 bits per heavy atom. The summed E-state index contributed by atoms with van der Waals surface area (Å²) in [5, 5.41) is 3.42. The summed E-state index contributed by atoms with van der Waals surface area (Å²) in [4.78, 5) is 22.3. The Hall–Kier alpha value is -3.23. The van der Waals surface area contributed by atoms with E-state index in [1.54, 1.807) is 31.5 Å². The number of amidine groups is 1. The van der Waals surface area contributed by atoms with E-state index in [4.69, 9.17) is 15.5 Å². The van der Waals surface area contributed by atoms with Crippen molar-refractivity contribution in [3.8, 4) is 5.88 Å². The van der Waals surface area contributed by atoms with Crippen LogP contribution in [0.1, 0.15) is 32.6 Å². The normalized spacial score (nSPS) is 21.1. The lowest BCUT2D eigenvalue weighted by atomic mass is 9.67. The Balaban J connectivity index is 1.63. The molecule has 0 radical (unpaired) electrons. The molecule has 5 rings (SSSR count). The lowest BCUT2D eigenvalue weighted by Crippen LogP contribution is -2.48. The number of amides is 1. The maximum atomic E-state index is 15.4. The lowest BCUT2D eigenvalue weighted by Gasteiger charge is -2.45. The lowest BCUT2D eigenvalue weighted by molar-refractivity contribution is 0.0977. The predicted molar refractivity (Wildman–Crippen MR) is 131 cm³/mol. The quantitative estimate of drug-likeness (QED) is 0.597. The fourth-order valence-electron chi connectivity index (χ4n) is 4.87. The summed E-state index contributed by atoms with van der Waals surface area (Å²) in [6.07, 6.45) is 2.86. The van der Waals surface area contributed by atoms with Gasteiger partial charge in [-0.05, 0) is 47.9 Å². The van der Waals surface area contributed by atoms with E-state index in [0.29, 0.717) is 47.3 Å². The molecule has 2 aromatic carbocycles. The number of benzene rings is 2. The van der Waals surface area contributed by atoms with E-state index < -0.39 is 5.54 Å². The fraction of sp³-hybridized carbons (Fsp3) is 0.269. The number of thioether (sulfide) groups is 1. The van der Waals surface area contributed by atoms with Crippen LogP contribution in [0.5, 0.6) is 5.88 Å². The molecule has 3 N–H and O–H groups in total. The van der Waals surface area contributed by atoms with Gasteiger partial charge in [0.25, 0.3) is 5.91 Å². The molecule has 2 atom stereocenters. The zero-order valence-corrected chi connectivity index (χ0v) is 19.6. The molecule has 1 aromatic heterocycles. The highest BCUT2D eigenvalue weighted by atomic mass is 32.2. The Bertz CT molecular complexity index is 1270. The molecule has 1 aliphatic heterocycles. The predicted octanol–water partition coefficient (Wildman–Crippen LogP) is 3.83. The van der Waals surface area contributed by atoms with Crippen LogP contribution in [0.15, 0.2) is 65.8 Å². The minimum absolute atomic E-state index is 0.0250. The fourth-order valence-corrected chi connectivity index (χ4v) is 6.01. The highest BCUT2D eigenvalue weighted by Gasteiger charge is 2.49. The second-order valence-corrected chi connectivity index (χ2v) is 9.54. The van der Waals surface area contributed by atoms with E-state index in [2.05, 4.69) is 10.3 Å². The number of rotatable bonds is 4. The summed E-state index contributed by atoms with van der Waals surface area (Å²) >= 11 is 1.49. The first-order valence-corrected chi connectivity index (χ1v) is 12.1. The van der Waals surface area contributed by atoms with Crippen molar-refractivity contribution >= 4 is 22.8 Å². The van der Waals surface area contributed by atoms with Gasteiger partial charge in [-0.3, -0.25) is 4.79 Å². The number of halogens is 1. The summed E-state index contributed by atoms with van der Waals surface area (Å²) in [5.74, 6) is 0.653. The van der Waals surface area contributed by atoms with Crippen LogP contribution in [0, 0.1) is 11.7 Å². The molecule has 8 heteroatoms. The Morgan fingerprint density at radius 3 is 2.85 bits per heavy atom. The van der Waals surface area contributed by atoms with Gasteiger partial charge in [0.2, 0.25) is 5.88 Å². The molecule has 0 fully saturated rings. The minimum atomic E-state index is -0.914. The van der Waals surface area contributed by atoms with Gasteiger partial charge in [0.05, 0.1) is 12.6 Å². The van der Waals surface area contributed by atoms with Crippen molar-refractivity contribution in [1.29, 1.82) is 0 Å². The maximum absolute atomic E-state index is 15.4. The van der Waals surface area contributed by atoms with Gasteiger partial charge in [0.1, 0.15) is 5.82 Å². The Labute approximate surface area is 201 Å². The van der Waals surface area contributed by atoms with Crippen LogP contribution in [-0.4, -0.2) is 28.9 Å². The summed E-state index contributed by atoms with van der Waals surface area (Å²) in [7, 11) is 1.59. The van der Waals surface area contributed by atoms with E-state index in [9.17, 15) is 4.79 Å². The second-order valence-electron chi connectivity index (χ2n) is 8.53. The molecular weight excluding hydrogens is 451 g/mol. The van der Waals surface area contributed by atoms with E-state index in [-0.39, 0.29) is 17.6 Å². The average Bonchev–Trinajstić information content (AvgIpc) is 2.87. The van der Waals surface area contributed by atoms with Crippen LogP contribution >= 0.6 is 11.8 Å². The van der Waals surface area contributed by atoms with Crippen LogP contribution in [-0.2, 0) is 24.9 Å². The SMILES string of the molecule is COc1nccc2c1C[C@]1(c3cc(CN)ccc3F)N=C(NC(=O)c3ccccc3)SC[C@@H]1C2. The number of nitrogens with zero attached hydrogens (tertiary/aromatic N) is 2. The molecule has 6 nitrogen and oxygen atoms in total. The zero-order valence-electron chi connectivity index (χ0n) is 18.8. The molecular formula is C26H25FN4O2S. The maximum Gasteiger partial charge on any atom is 0.257 e. The Morgan fingerprint density at radius 2 is 2.09 bits per heavy atom. The number of nitrogens with two attached hydrogens (primary N) is 1. The summed E-state index contributed by atoms with van der Waals surface area (Å²) < 4.78 is 21.0. The van der Waals surface area contributed by atoms with E-state index >= 15 is 4.39 Å². The van der Waals surface area contributed by atoms with Gasteiger partial charge < -0.3 is 15.8 Å². The zero-order chi connectivity index (χ0) is 23.7. The van der Waals surface area contributed by atoms with Gasteiger partial charge in [-0.25, -0.2) is 14.4 Å². The van der Waals surface area contributed by atoms with Crippen LogP contribution < -0.4 is 15.8 Å². The van der Waals surface area contributed by atoms with Gasteiger partial charge in [-0.2, -0.15) is 0 Å². The van der Waals surface area contributed by atoms with Crippen molar-refractivity contribution in [2.45, 2.75) is 24.9 Å². The number of aromatic nitrogens is 1. The van der Waals surface area contributed by atoms with Crippen molar-refractivity contribution in [1.82, 2.24) is 10.3 Å². The van der Waals surface area contributed by atoms with Crippen molar-refractivity contribution in [3.63, 3.8) is 0 Å². The number of carbonyl (C=O) groups excluding carboxylic acids is 1. The van der Waals surface area contributed by atoms with Gasteiger partial charge in [-0.15, -0.1) is 0 Å². The number of methoxy groups -OCH3 is 1. The number of fused-ring (bicyclic) bond motifs is 2. The van der Waals surface area contributed by atoms with E-state index in [0.717, 1.165) is 16.7 Å². The number of ether oxygens (including phenoxy) is 1. The molecule has 34 heavy (non-hydrogen) atoms. The third kappa shape index (κ3) is 3.97. The van der Waals surface area contributed by atoms with Crippen LogP contribution in [0.2, 0.25) is 0 Å². The topological polar surface area (TPSA) is 89.6 Å². The standard InChI is InChI=1S/C26H25FN4O2S/c1-33-24-20-13-26(21-11-16(14-28)7-8-22(21)27)19(12-18(20)9-10-29-24)15-34-25(31-26)30-23(32)17-5-3-2-4-6-17/h2-11,19H,12-15,28H2,1H3,(H,30,31,32)/t19-,26-/m0/s1. The van der Waals surface area contributed by atoms with Crippen molar-refractivity contribution in [2.75, 3.05) is 12.9 Å². The van der Waals surface area contributed by atoms with Gasteiger partial charge in [-0.1, -0.05) is 36.0 Å². The number of aliphatic imine (C=N–C) groups is 1. The first kappa shape index (κ1) is 22.6. The van der Waals surface area contributed by atoms with Crippen molar-refractivity contribution in [2.24, 2.45) is 16.6 Å². The van der Waals surface area contributed by atoms with E-state index in [1.807, 2.05) is 30.3 Å². The minimum Gasteiger partial charge on any atom is -0.481 e. The molecule has 1 amide bonds. The molecule has 0 saturated heterocycles. The van der Waals surface area contributed by atoms with Gasteiger partial charge >= 0.3 is 0 Å². The van der Waals surface area contributed by atoms with Crippen molar-refractivity contribution in [3.05, 3.63) is 94.4 Å². The molecule has 1 aliphatic carbocycles. The highest BCUT2D eigenvalue weighted by molar-refractivity contribution is 8.13. The van der Waals surface area contributed by atoms with Gasteiger partial charge in [0.15, 0.2) is 5.17 Å². The van der Waals surface area contributed by atoms with Crippen LogP contribution in [0.25, 0.3) is 0 Å². The first-order valence-electron chi connectivity index (χ1n) is 11.1. The number of hydrogen-bond acceptors (Lipinski definition) is 6. The molecule has 174 valence electrons. The molecule has 0 unspecified atom stereocenters.